The molecule has 0 unspecified atom stereocenters. The predicted molar refractivity (Wildman–Crippen MR) is 69.4 cm³/mol. The Morgan fingerprint density at radius 3 is 2.84 bits per heavy atom. The molecule has 1 saturated carbocycles. The van der Waals surface area contributed by atoms with E-state index < -0.39 is 0 Å². The Balaban J connectivity index is 1.62. The zero-order chi connectivity index (χ0) is 13.7. The van der Waals surface area contributed by atoms with Crippen LogP contribution < -0.4 is 16.0 Å². The maximum absolute atomic E-state index is 11.6. The molecule has 3 N–H and O–H groups in total. The van der Waals surface area contributed by atoms with Gasteiger partial charge in [0.25, 0.3) is 0 Å². The summed E-state index contributed by atoms with van der Waals surface area (Å²) in [6.45, 7) is 2.51. The zero-order valence-electron chi connectivity index (χ0n) is 10.9. The minimum absolute atomic E-state index is 0.0105. The molecule has 0 bridgehead atoms. The maximum atomic E-state index is 11.6. The van der Waals surface area contributed by atoms with E-state index in [0.29, 0.717) is 18.2 Å². The van der Waals surface area contributed by atoms with Gasteiger partial charge in [-0.1, -0.05) is 0 Å². The highest BCUT2D eigenvalue weighted by Gasteiger charge is 2.21. The molecule has 1 heterocycles. The van der Waals surface area contributed by atoms with Gasteiger partial charge in [-0.05, 0) is 37.8 Å². The predicted octanol–water partition coefficient (Wildman–Crippen LogP) is 1.17. The average molecular weight is 265 g/mol. The summed E-state index contributed by atoms with van der Waals surface area (Å²) in [6.07, 6.45) is 3.93. The van der Waals surface area contributed by atoms with Gasteiger partial charge in [-0.25, -0.2) is 4.79 Å². The quantitative estimate of drug-likeness (QED) is 0.722. The van der Waals surface area contributed by atoms with E-state index in [0.717, 1.165) is 0 Å². The van der Waals surface area contributed by atoms with Crippen LogP contribution in [0.3, 0.4) is 0 Å². The van der Waals surface area contributed by atoms with Crippen molar-refractivity contribution in [2.45, 2.75) is 25.8 Å². The Labute approximate surface area is 111 Å². The van der Waals surface area contributed by atoms with Crippen LogP contribution in [-0.2, 0) is 4.79 Å². The Morgan fingerprint density at radius 2 is 2.21 bits per heavy atom. The van der Waals surface area contributed by atoms with Crippen molar-refractivity contribution < 1.29 is 14.0 Å². The summed E-state index contributed by atoms with van der Waals surface area (Å²) in [7, 11) is 0. The molecule has 2 rings (SSSR count). The number of urea groups is 1. The summed E-state index contributed by atoms with van der Waals surface area (Å²) in [5.41, 5.74) is 0. The first-order chi connectivity index (χ1) is 9.15. The molecule has 0 aromatic carbocycles. The van der Waals surface area contributed by atoms with Gasteiger partial charge < -0.3 is 20.4 Å². The molecule has 0 saturated heterocycles. The Bertz CT molecular complexity index is 426. The lowest BCUT2D eigenvalue weighted by Gasteiger charge is -2.12. The first kappa shape index (κ1) is 13.5. The molecule has 6 heteroatoms. The number of hydrogen-bond donors (Lipinski definition) is 3. The molecule has 6 nitrogen and oxygen atoms in total. The highest BCUT2D eigenvalue weighted by atomic mass is 16.3. The Morgan fingerprint density at radius 1 is 1.42 bits per heavy atom. The molecule has 1 fully saturated rings. The lowest BCUT2D eigenvalue weighted by molar-refractivity contribution is -0.120. The van der Waals surface area contributed by atoms with Gasteiger partial charge in [0.05, 0.1) is 18.8 Å². The number of hydrogen-bond acceptors (Lipinski definition) is 3. The van der Waals surface area contributed by atoms with Crippen molar-refractivity contribution in [3.8, 4) is 0 Å². The monoisotopic (exact) mass is 265 g/mol. The topological polar surface area (TPSA) is 83.4 Å². The molecule has 1 aliphatic rings. The molecule has 19 heavy (non-hydrogen) atoms. The summed E-state index contributed by atoms with van der Waals surface area (Å²) < 4.78 is 5.17. The van der Waals surface area contributed by atoms with E-state index in [4.69, 9.17) is 4.42 Å². The van der Waals surface area contributed by atoms with Gasteiger partial charge in [0.1, 0.15) is 5.76 Å². The number of carbonyl (C=O) groups excluding carboxylic acids is 2. The van der Waals surface area contributed by atoms with Crippen molar-refractivity contribution >= 4 is 11.9 Å². The number of rotatable bonds is 6. The van der Waals surface area contributed by atoms with Gasteiger partial charge >= 0.3 is 6.03 Å². The summed E-state index contributed by atoms with van der Waals surface area (Å²) in [5, 5.41) is 7.99. The third-order valence-electron chi connectivity index (χ3n) is 3.01. The molecular formula is C13H19N3O3. The van der Waals surface area contributed by atoms with Crippen molar-refractivity contribution in [3.05, 3.63) is 24.2 Å². The molecule has 1 atom stereocenters. The van der Waals surface area contributed by atoms with E-state index in [-0.39, 0.29) is 24.5 Å². The first-order valence-electron chi connectivity index (χ1n) is 6.49. The highest BCUT2D eigenvalue weighted by molar-refractivity contribution is 5.83. The first-order valence-corrected chi connectivity index (χ1v) is 6.49. The second kappa shape index (κ2) is 6.26. The van der Waals surface area contributed by atoms with Crippen LogP contribution in [0.5, 0.6) is 0 Å². The summed E-state index contributed by atoms with van der Waals surface area (Å²) in [5.74, 6) is 1.15. The van der Waals surface area contributed by atoms with E-state index in [2.05, 4.69) is 16.0 Å². The SMILES string of the molecule is C[C@@H](NC(=O)NCC(=O)NCC1CC1)c1ccco1. The van der Waals surface area contributed by atoms with Crippen LogP contribution in [0.15, 0.2) is 22.8 Å². The third-order valence-corrected chi connectivity index (χ3v) is 3.01. The molecular weight excluding hydrogens is 246 g/mol. The molecule has 3 amide bonds. The van der Waals surface area contributed by atoms with Crippen LogP contribution in [0.1, 0.15) is 31.6 Å². The van der Waals surface area contributed by atoms with Crippen LogP contribution in [0.4, 0.5) is 4.79 Å². The van der Waals surface area contributed by atoms with E-state index in [9.17, 15) is 9.59 Å². The number of furan rings is 1. The van der Waals surface area contributed by atoms with Crippen LogP contribution in [-0.4, -0.2) is 25.0 Å². The van der Waals surface area contributed by atoms with Crippen LogP contribution in [0.25, 0.3) is 0 Å². The van der Waals surface area contributed by atoms with Gasteiger partial charge in [0.15, 0.2) is 0 Å². The second-order valence-electron chi connectivity index (χ2n) is 4.81. The minimum atomic E-state index is -0.384. The summed E-state index contributed by atoms with van der Waals surface area (Å²) in [6, 6.07) is 2.93. The van der Waals surface area contributed by atoms with Crippen molar-refractivity contribution in [2.24, 2.45) is 5.92 Å². The fourth-order valence-electron chi connectivity index (χ4n) is 1.66. The highest BCUT2D eigenvalue weighted by Crippen LogP contribution is 2.27. The van der Waals surface area contributed by atoms with E-state index >= 15 is 0 Å². The van der Waals surface area contributed by atoms with Gasteiger partial charge in [-0.3, -0.25) is 4.79 Å². The van der Waals surface area contributed by atoms with E-state index in [1.165, 1.54) is 12.8 Å². The fraction of sp³-hybridized carbons (Fsp3) is 0.538. The van der Waals surface area contributed by atoms with Crippen molar-refractivity contribution in [1.82, 2.24) is 16.0 Å². The van der Waals surface area contributed by atoms with Crippen LogP contribution in [0, 0.1) is 5.92 Å². The van der Waals surface area contributed by atoms with Crippen LogP contribution in [0.2, 0.25) is 0 Å². The molecule has 0 aliphatic heterocycles. The Hall–Kier alpha value is -1.98. The third kappa shape index (κ3) is 4.65. The second-order valence-corrected chi connectivity index (χ2v) is 4.81. The summed E-state index contributed by atoms with van der Waals surface area (Å²) in [4.78, 5) is 23.0. The van der Waals surface area contributed by atoms with E-state index in [1.54, 1.807) is 18.4 Å². The standard InChI is InChI=1S/C13H19N3O3/c1-9(11-3-2-6-19-11)16-13(18)15-8-12(17)14-7-10-4-5-10/h2-3,6,9-10H,4-5,7-8H2,1H3,(H,14,17)(H2,15,16,18)/t9-/m1/s1. The van der Waals surface area contributed by atoms with Crippen molar-refractivity contribution in [1.29, 1.82) is 0 Å². The van der Waals surface area contributed by atoms with Crippen molar-refractivity contribution in [2.75, 3.05) is 13.1 Å². The van der Waals surface area contributed by atoms with Gasteiger partial charge in [-0.15, -0.1) is 0 Å². The van der Waals surface area contributed by atoms with Gasteiger partial charge in [0, 0.05) is 6.54 Å². The molecule has 1 aliphatic carbocycles. The van der Waals surface area contributed by atoms with Crippen LogP contribution >= 0.6 is 0 Å². The maximum Gasteiger partial charge on any atom is 0.315 e. The summed E-state index contributed by atoms with van der Waals surface area (Å²) >= 11 is 0. The lowest BCUT2D eigenvalue weighted by atomic mass is 10.2. The normalized spacial score (nSPS) is 15.6. The zero-order valence-corrected chi connectivity index (χ0v) is 10.9. The minimum Gasteiger partial charge on any atom is -0.467 e. The van der Waals surface area contributed by atoms with E-state index in [1.807, 2.05) is 6.92 Å². The van der Waals surface area contributed by atoms with Gasteiger partial charge in [0.2, 0.25) is 5.91 Å². The molecule has 0 radical (unpaired) electrons. The number of amides is 3. The fourth-order valence-corrected chi connectivity index (χ4v) is 1.66. The smallest absolute Gasteiger partial charge is 0.315 e. The van der Waals surface area contributed by atoms with Crippen molar-refractivity contribution in [3.63, 3.8) is 0 Å². The van der Waals surface area contributed by atoms with Gasteiger partial charge in [-0.2, -0.15) is 0 Å². The molecule has 1 aromatic heterocycles. The number of nitrogens with one attached hydrogen (secondary N) is 3. The molecule has 1 aromatic rings. The number of carbonyl (C=O) groups is 2. The average Bonchev–Trinajstić information content (AvgIpc) is 3.05. The molecule has 104 valence electrons. The molecule has 0 spiro atoms. The largest absolute Gasteiger partial charge is 0.467 e. The Kier molecular flexibility index (Phi) is 4.43. The lowest BCUT2D eigenvalue weighted by Crippen LogP contribution is -2.43.